The van der Waals surface area contributed by atoms with Gasteiger partial charge in [0.1, 0.15) is 41.2 Å². The number of nitrogens with one attached hydrogen (secondary N) is 1. The van der Waals surface area contributed by atoms with E-state index in [9.17, 15) is 24.7 Å². The number of likely N-dealkylation sites (N-methyl/N-ethyl adjacent to an activating group) is 1. The molecule has 1 aromatic heterocycles. The predicted octanol–water partition coefficient (Wildman–Crippen LogP) is 1.92. The van der Waals surface area contributed by atoms with Gasteiger partial charge in [-0.2, -0.15) is 0 Å². The number of thiazole rings is 1. The lowest BCUT2D eigenvalue weighted by Gasteiger charge is -2.49. The van der Waals surface area contributed by atoms with E-state index in [4.69, 9.17) is 17.3 Å². The number of fused-ring (bicyclic) bond motifs is 2. The number of oxime groups is 1. The Morgan fingerprint density at radius 2 is 2.19 bits per heavy atom. The van der Waals surface area contributed by atoms with Gasteiger partial charge in [0.15, 0.2) is 10.8 Å². The summed E-state index contributed by atoms with van der Waals surface area (Å²) in [5.41, 5.74) is 7.72. The average molecular weight is 548 g/mol. The second-order valence-corrected chi connectivity index (χ2v) is 11.0. The molecule has 0 spiro atoms. The number of carboxylic acid groups (broad SMARTS) is 1. The summed E-state index contributed by atoms with van der Waals surface area (Å²) >= 11 is 8.54. The highest BCUT2D eigenvalue weighted by Gasteiger charge is 2.55. The van der Waals surface area contributed by atoms with Gasteiger partial charge in [-0.05, 0) is 12.1 Å². The van der Waals surface area contributed by atoms with Crippen LogP contribution in [0.3, 0.4) is 0 Å². The van der Waals surface area contributed by atoms with Gasteiger partial charge in [0, 0.05) is 39.4 Å². The fraction of sp³-hybridized carbons (Fsp3) is 0.227. The number of carboxylic acids is 1. The van der Waals surface area contributed by atoms with Crippen LogP contribution in [-0.4, -0.2) is 74.5 Å². The quantitative estimate of drug-likeness (QED) is 0.140. The first-order valence-corrected chi connectivity index (χ1v) is 12.9. The predicted molar refractivity (Wildman–Crippen MR) is 138 cm³/mol. The number of halogens is 1. The Hall–Kier alpha value is -3.39. The van der Waals surface area contributed by atoms with E-state index in [-0.39, 0.29) is 22.2 Å². The lowest BCUT2D eigenvalue weighted by molar-refractivity contribution is -0.150. The summed E-state index contributed by atoms with van der Waals surface area (Å²) in [6, 6.07) is 4.57. The summed E-state index contributed by atoms with van der Waals surface area (Å²) in [6.45, 7) is 0.347. The van der Waals surface area contributed by atoms with Crippen LogP contribution in [0.25, 0.3) is 6.08 Å². The first kappa shape index (κ1) is 24.3. The lowest BCUT2D eigenvalue weighted by Crippen LogP contribution is -2.71. The third-order valence-corrected chi connectivity index (χ3v) is 8.51. The largest absolute Gasteiger partial charge is 0.477 e. The van der Waals surface area contributed by atoms with Crippen LogP contribution in [0.4, 0.5) is 10.8 Å². The van der Waals surface area contributed by atoms with Crippen LogP contribution >= 0.6 is 34.7 Å². The van der Waals surface area contributed by atoms with Crippen LogP contribution in [0.1, 0.15) is 11.3 Å². The molecule has 5 rings (SSSR count). The number of aliphatic carboxylic acids is 1. The van der Waals surface area contributed by atoms with E-state index in [1.165, 1.54) is 22.0 Å². The topological polar surface area (TPSA) is 158 Å². The number of anilines is 1. The van der Waals surface area contributed by atoms with Crippen molar-refractivity contribution in [3.8, 4) is 0 Å². The van der Waals surface area contributed by atoms with Crippen LogP contribution in [0.5, 0.6) is 0 Å². The number of quaternary nitrogens is 1. The number of β-lactam (4-membered cyclic amide) rings is 1. The monoisotopic (exact) mass is 547 g/mol. The molecule has 14 heteroatoms. The fourth-order valence-electron chi connectivity index (χ4n) is 4.61. The molecule has 2 amide bonds. The summed E-state index contributed by atoms with van der Waals surface area (Å²) in [7, 11) is 1.96. The molecule has 36 heavy (non-hydrogen) atoms. The molecular formula is C22H20ClN6O5S2+. The highest BCUT2D eigenvalue weighted by Crippen LogP contribution is 2.43. The number of amides is 2. The van der Waals surface area contributed by atoms with Crippen LogP contribution in [0.15, 0.2) is 46.2 Å². The van der Waals surface area contributed by atoms with Gasteiger partial charge in [-0.15, -0.1) is 23.1 Å². The van der Waals surface area contributed by atoms with Crippen LogP contribution in [-0.2, 0) is 14.4 Å². The molecule has 0 aliphatic carbocycles. The molecule has 186 valence electrons. The number of nitrogens with two attached hydrogens (primary N) is 1. The van der Waals surface area contributed by atoms with Crippen molar-refractivity contribution in [2.75, 3.05) is 25.1 Å². The van der Waals surface area contributed by atoms with Crippen LogP contribution in [0, 0.1) is 0 Å². The van der Waals surface area contributed by atoms with Gasteiger partial charge >= 0.3 is 5.97 Å². The number of benzene rings is 1. The average Bonchev–Trinajstić information content (AvgIpc) is 3.40. The molecule has 3 aliphatic heterocycles. The van der Waals surface area contributed by atoms with Crippen molar-refractivity contribution in [1.82, 2.24) is 19.7 Å². The van der Waals surface area contributed by atoms with E-state index in [0.717, 1.165) is 22.6 Å². The van der Waals surface area contributed by atoms with Gasteiger partial charge in [0.05, 0.1) is 7.05 Å². The summed E-state index contributed by atoms with van der Waals surface area (Å²) in [5, 5.41) is 26.5. The fourth-order valence-corrected chi connectivity index (χ4v) is 6.67. The second-order valence-electron chi connectivity index (χ2n) is 8.58. The van der Waals surface area contributed by atoms with Crippen molar-refractivity contribution in [2.45, 2.75) is 11.4 Å². The van der Waals surface area contributed by atoms with E-state index in [1.54, 1.807) is 6.07 Å². The summed E-state index contributed by atoms with van der Waals surface area (Å²) < 4.78 is 0.332. The van der Waals surface area contributed by atoms with Gasteiger partial charge in [-0.3, -0.25) is 19.0 Å². The van der Waals surface area contributed by atoms with Crippen molar-refractivity contribution in [1.29, 1.82) is 0 Å². The number of carbonyl (C=O) groups excluding carboxylic acids is 2. The minimum absolute atomic E-state index is 0.0723. The Bertz CT molecular complexity index is 1400. The first-order valence-electron chi connectivity index (χ1n) is 10.6. The zero-order valence-corrected chi connectivity index (χ0v) is 21.1. The van der Waals surface area contributed by atoms with Gasteiger partial charge in [-0.1, -0.05) is 16.8 Å². The van der Waals surface area contributed by atoms with Crippen molar-refractivity contribution in [3.63, 3.8) is 0 Å². The number of carbonyl (C=O) groups is 3. The van der Waals surface area contributed by atoms with Crippen molar-refractivity contribution < 1.29 is 24.7 Å². The minimum Gasteiger partial charge on any atom is -0.477 e. The molecule has 0 radical (unpaired) electrons. The molecule has 0 saturated carbocycles. The number of aromatic nitrogens is 1. The minimum atomic E-state index is -1.21. The maximum absolute atomic E-state index is 13.0. The van der Waals surface area contributed by atoms with Gasteiger partial charge in [0.2, 0.25) is 0 Å². The SMILES string of the molecule is C[N+]1(CC2=C(C(=O)O)N3C(=O)[C@@H](NC(=O)/C(=N\O)c4csc(N)n4)[C@H]3SC2)C=Cc2cc(Cl)ccc21. The van der Waals surface area contributed by atoms with E-state index in [1.807, 2.05) is 31.5 Å². The summed E-state index contributed by atoms with van der Waals surface area (Å²) in [6.07, 6.45) is 3.91. The number of thioether (sulfide) groups is 1. The summed E-state index contributed by atoms with van der Waals surface area (Å²) in [5.74, 6) is -2.23. The van der Waals surface area contributed by atoms with E-state index in [0.29, 0.717) is 27.4 Å². The van der Waals surface area contributed by atoms with Gasteiger partial charge in [0.25, 0.3) is 11.8 Å². The number of hydrogen-bond donors (Lipinski definition) is 4. The molecule has 1 saturated heterocycles. The Kier molecular flexibility index (Phi) is 6.03. The third kappa shape index (κ3) is 3.93. The Labute approximate surface area is 218 Å². The normalized spacial score (nSPS) is 24.9. The van der Waals surface area contributed by atoms with Crippen LogP contribution in [0.2, 0.25) is 5.02 Å². The number of rotatable bonds is 6. The molecule has 3 atom stereocenters. The molecule has 1 unspecified atom stereocenters. The zero-order chi connectivity index (χ0) is 25.8. The molecule has 1 aromatic carbocycles. The molecule has 5 N–H and O–H groups in total. The van der Waals surface area contributed by atoms with E-state index < -0.39 is 29.2 Å². The number of hydrogen-bond acceptors (Lipinski definition) is 9. The highest BCUT2D eigenvalue weighted by molar-refractivity contribution is 8.00. The van der Waals surface area contributed by atoms with E-state index in [2.05, 4.69) is 15.5 Å². The van der Waals surface area contributed by atoms with Crippen molar-refractivity contribution in [3.05, 3.63) is 57.3 Å². The van der Waals surface area contributed by atoms with Gasteiger partial charge < -0.3 is 21.4 Å². The number of nitrogen functional groups attached to an aromatic ring is 1. The molecule has 4 heterocycles. The maximum atomic E-state index is 13.0. The van der Waals surface area contributed by atoms with Crippen LogP contribution < -0.4 is 15.5 Å². The highest BCUT2D eigenvalue weighted by atomic mass is 35.5. The van der Waals surface area contributed by atoms with Gasteiger partial charge in [-0.25, -0.2) is 9.78 Å². The molecule has 11 nitrogen and oxygen atoms in total. The number of nitrogens with zero attached hydrogens (tertiary/aromatic N) is 4. The Morgan fingerprint density at radius 3 is 2.86 bits per heavy atom. The van der Waals surface area contributed by atoms with Crippen molar-refractivity contribution in [2.24, 2.45) is 5.16 Å². The Balaban J connectivity index is 1.37. The standard InChI is InChI=1S/C22H19ClN6O5S2/c1-29(5-4-10-6-12(23)2-3-14(10)29)7-11-8-35-20-16(19(31)28(20)17(11)21(32)33)26-18(30)15(27-34)13-9-36-22(24)25-13/h2-6,9,16,20H,7-8H2,1H3,(H4-,24,25,26,30,32,33,34)/p+1/t16-,20-,29?/m1/s1. The molecular weight excluding hydrogens is 528 g/mol. The smallest absolute Gasteiger partial charge is 0.352 e. The lowest BCUT2D eigenvalue weighted by atomic mass is 10.0. The zero-order valence-electron chi connectivity index (χ0n) is 18.7. The van der Waals surface area contributed by atoms with E-state index >= 15 is 0 Å². The second kappa shape index (κ2) is 8.92. The first-order chi connectivity index (χ1) is 17.1. The molecule has 3 aliphatic rings. The third-order valence-electron chi connectivity index (χ3n) is 6.26. The summed E-state index contributed by atoms with van der Waals surface area (Å²) in [4.78, 5) is 43.1. The molecule has 2 aromatic rings. The molecule has 0 bridgehead atoms. The maximum Gasteiger partial charge on any atom is 0.352 e. The molecule has 1 fully saturated rings. The Morgan fingerprint density at radius 1 is 1.42 bits per heavy atom. The van der Waals surface area contributed by atoms with Crippen molar-refractivity contribution >= 4 is 75.1 Å².